The Morgan fingerprint density at radius 3 is 3.08 bits per heavy atom. The predicted octanol–water partition coefficient (Wildman–Crippen LogP) is 1.68. The molecule has 3 heteroatoms. The fraction of sp³-hybridized carbons (Fsp3) is 0.111. The summed E-state index contributed by atoms with van der Waals surface area (Å²) in [6, 6.07) is 3.94. The third-order valence-electron chi connectivity index (χ3n) is 1.75. The Kier molecular flexibility index (Phi) is 1.43. The van der Waals surface area contributed by atoms with Gasteiger partial charge in [-0.05, 0) is 25.1 Å². The van der Waals surface area contributed by atoms with E-state index in [1.807, 2.05) is 23.6 Å². The Bertz CT molecular complexity index is 428. The summed E-state index contributed by atoms with van der Waals surface area (Å²) in [6.45, 7) is 5.57. The maximum absolute atomic E-state index is 4.24. The summed E-state index contributed by atoms with van der Waals surface area (Å²) in [5, 5.41) is 4.24. The smallest absolute Gasteiger partial charge is 0.146 e. The first kappa shape index (κ1) is 7.03. The largest absolute Gasteiger partial charge is 0.238 e. The first-order valence-electron chi connectivity index (χ1n) is 3.75. The molecule has 2 aromatic heterocycles. The molecule has 0 N–H and O–H groups in total. The average molecular weight is 159 g/mol. The molecule has 0 saturated carbocycles. The van der Waals surface area contributed by atoms with Gasteiger partial charge >= 0.3 is 0 Å². The van der Waals surface area contributed by atoms with E-state index in [2.05, 4.69) is 16.7 Å². The molecule has 0 bridgehead atoms. The lowest BCUT2D eigenvalue weighted by Crippen LogP contribution is -1.97. The molecule has 0 aliphatic rings. The summed E-state index contributed by atoms with van der Waals surface area (Å²) in [4.78, 5) is 4.09. The molecule has 0 saturated heterocycles. The van der Waals surface area contributed by atoms with Crippen LogP contribution in [0.1, 0.15) is 11.5 Å². The van der Waals surface area contributed by atoms with E-state index < -0.39 is 0 Å². The molecule has 0 spiro atoms. The van der Waals surface area contributed by atoms with Gasteiger partial charge in [0, 0.05) is 0 Å². The summed E-state index contributed by atoms with van der Waals surface area (Å²) >= 11 is 0. The van der Waals surface area contributed by atoms with Gasteiger partial charge in [0.05, 0.1) is 17.4 Å². The highest BCUT2D eigenvalue weighted by Crippen LogP contribution is 2.07. The number of hydrogen-bond acceptors (Lipinski definition) is 2. The van der Waals surface area contributed by atoms with Crippen LogP contribution >= 0.6 is 0 Å². The molecule has 2 rings (SSSR count). The van der Waals surface area contributed by atoms with Crippen LogP contribution in [0.5, 0.6) is 0 Å². The molecular formula is C9H9N3. The van der Waals surface area contributed by atoms with Crippen molar-refractivity contribution >= 4 is 11.6 Å². The van der Waals surface area contributed by atoms with Gasteiger partial charge in [0.1, 0.15) is 5.82 Å². The van der Waals surface area contributed by atoms with Crippen LogP contribution in [0, 0.1) is 6.92 Å². The van der Waals surface area contributed by atoms with E-state index in [9.17, 15) is 0 Å². The van der Waals surface area contributed by atoms with E-state index in [0.717, 1.165) is 17.0 Å². The van der Waals surface area contributed by atoms with Gasteiger partial charge in [0.2, 0.25) is 0 Å². The Morgan fingerprint density at radius 2 is 2.33 bits per heavy atom. The second kappa shape index (κ2) is 2.44. The molecule has 0 atom stereocenters. The normalized spacial score (nSPS) is 10.4. The second-order valence-corrected chi connectivity index (χ2v) is 2.60. The lowest BCUT2D eigenvalue weighted by Gasteiger charge is -1.96. The monoisotopic (exact) mass is 159 g/mol. The molecule has 0 aliphatic heterocycles. The van der Waals surface area contributed by atoms with Crippen LogP contribution in [0.25, 0.3) is 11.6 Å². The van der Waals surface area contributed by atoms with Crippen LogP contribution in [0.2, 0.25) is 0 Å². The van der Waals surface area contributed by atoms with E-state index in [4.69, 9.17) is 0 Å². The molecule has 0 aromatic carbocycles. The highest BCUT2D eigenvalue weighted by atomic mass is 15.2. The lowest BCUT2D eigenvalue weighted by atomic mass is 10.4. The topological polar surface area (TPSA) is 30.2 Å². The molecule has 2 aromatic rings. The van der Waals surface area contributed by atoms with Gasteiger partial charge in [-0.1, -0.05) is 6.58 Å². The van der Waals surface area contributed by atoms with Crippen molar-refractivity contribution in [1.82, 2.24) is 14.6 Å². The highest BCUT2D eigenvalue weighted by molar-refractivity contribution is 5.54. The Labute approximate surface area is 70.4 Å². The van der Waals surface area contributed by atoms with Crippen LogP contribution in [0.15, 0.2) is 24.9 Å². The summed E-state index contributed by atoms with van der Waals surface area (Å²) in [6.07, 6.45) is 3.58. The Hall–Kier alpha value is -1.64. The van der Waals surface area contributed by atoms with Gasteiger partial charge in [-0.25, -0.2) is 9.50 Å². The number of rotatable bonds is 1. The minimum absolute atomic E-state index is 0.766. The van der Waals surface area contributed by atoms with Crippen molar-refractivity contribution < 1.29 is 0 Å². The van der Waals surface area contributed by atoms with Gasteiger partial charge < -0.3 is 0 Å². The van der Waals surface area contributed by atoms with Gasteiger partial charge in [0.15, 0.2) is 0 Å². The molecule has 0 radical (unpaired) electrons. The molecule has 60 valence electrons. The van der Waals surface area contributed by atoms with Gasteiger partial charge in [-0.3, -0.25) is 0 Å². The van der Waals surface area contributed by atoms with E-state index >= 15 is 0 Å². The summed E-state index contributed by atoms with van der Waals surface area (Å²) in [7, 11) is 0. The molecule has 0 unspecified atom stereocenters. The molecule has 2 heterocycles. The van der Waals surface area contributed by atoms with Crippen LogP contribution < -0.4 is 0 Å². The quantitative estimate of drug-likeness (QED) is 0.633. The maximum Gasteiger partial charge on any atom is 0.146 e. The van der Waals surface area contributed by atoms with Crippen LogP contribution in [-0.4, -0.2) is 14.6 Å². The molecule has 3 nitrogen and oxygen atoms in total. The highest BCUT2D eigenvalue weighted by Gasteiger charge is 1.98. The zero-order chi connectivity index (χ0) is 8.55. The van der Waals surface area contributed by atoms with Gasteiger partial charge in [0.25, 0.3) is 0 Å². The lowest BCUT2D eigenvalue weighted by molar-refractivity contribution is 0.850. The average Bonchev–Trinajstić information content (AvgIpc) is 2.46. The minimum Gasteiger partial charge on any atom is -0.238 e. The summed E-state index contributed by atoms with van der Waals surface area (Å²) < 4.78 is 1.83. The first-order chi connectivity index (χ1) is 5.81. The van der Waals surface area contributed by atoms with Crippen molar-refractivity contribution in [3.05, 3.63) is 36.4 Å². The van der Waals surface area contributed by atoms with Crippen LogP contribution in [0.4, 0.5) is 0 Å². The van der Waals surface area contributed by atoms with Crippen molar-refractivity contribution in [2.45, 2.75) is 6.92 Å². The van der Waals surface area contributed by atoms with E-state index in [1.54, 1.807) is 12.3 Å². The van der Waals surface area contributed by atoms with E-state index in [-0.39, 0.29) is 0 Å². The second-order valence-electron chi connectivity index (χ2n) is 2.60. The fourth-order valence-electron chi connectivity index (χ4n) is 1.16. The Balaban J connectivity index is 2.83. The zero-order valence-corrected chi connectivity index (χ0v) is 6.86. The van der Waals surface area contributed by atoms with Crippen molar-refractivity contribution in [2.24, 2.45) is 0 Å². The number of aromatic nitrogens is 3. The van der Waals surface area contributed by atoms with E-state index in [1.165, 1.54) is 0 Å². The third kappa shape index (κ3) is 0.906. The number of fused-ring (bicyclic) bond motifs is 1. The number of nitrogens with zero attached hydrogens (tertiary/aromatic N) is 3. The van der Waals surface area contributed by atoms with Crippen LogP contribution in [-0.2, 0) is 0 Å². The van der Waals surface area contributed by atoms with Gasteiger partial charge in [-0.15, -0.1) is 0 Å². The molecule has 0 aliphatic carbocycles. The SMILES string of the molecule is C=Cc1ccc2cnc(C)nn12. The number of hydrogen-bond donors (Lipinski definition) is 0. The summed E-state index contributed by atoms with van der Waals surface area (Å²) in [5.74, 6) is 0.766. The van der Waals surface area contributed by atoms with E-state index in [0.29, 0.717) is 0 Å². The van der Waals surface area contributed by atoms with Gasteiger partial charge in [-0.2, -0.15) is 5.10 Å². The Morgan fingerprint density at radius 1 is 1.50 bits per heavy atom. The first-order valence-corrected chi connectivity index (χ1v) is 3.75. The molecular weight excluding hydrogens is 150 g/mol. The van der Waals surface area contributed by atoms with Crippen molar-refractivity contribution in [1.29, 1.82) is 0 Å². The van der Waals surface area contributed by atoms with Crippen molar-refractivity contribution in [3.8, 4) is 0 Å². The summed E-state index contributed by atoms with van der Waals surface area (Å²) in [5.41, 5.74) is 1.99. The van der Waals surface area contributed by atoms with Crippen molar-refractivity contribution in [3.63, 3.8) is 0 Å². The molecule has 0 amide bonds. The molecule has 12 heavy (non-hydrogen) atoms. The standard InChI is InChI=1S/C9H9N3/c1-3-8-4-5-9-6-10-7(2)11-12(8)9/h3-6H,1H2,2H3. The third-order valence-corrected chi connectivity index (χ3v) is 1.75. The van der Waals surface area contributed by atoms with Crippen LogP contribution in [0.3, 0.4) is 0 Å². The fourth-order valence-corrected chi connectivity index (χ4v) is 1.16. The number of aryl methyl sites for hydroxylation is 1. The minimum atomic E-state index is 0.766. The maximum atomic E-state index is 4.24. The predicted molar refractivity (Wildman–Crippen MR) is 47.8 cm³/mol. The van der Waals surface area contributed by atoms with Crippen molar-refractivity contribution in [2.75, 3.05) is 0 Å². The zero-order valence-electron chi connectivity index (χ0n) is 6.86. The molecule has 0 fully saturated rings.